The lowest BCUT2D eigenvalue weighted by molar-refractivity contribution is -0.155. The van der Waals surface area contributed by atoms with Crippen LogP contribution in [0.25, 0.3) is 0 Å². The number of hydrogen-bond donors (Lipinski definition) is 1. The minimum atomic E-state index is -1.14. The smallest absolute Gasteiger partial charge is 0.326 e. The van der Waals surface area contributed by atoms with Gasteiger partial charge < -0.3 is 10.1 Å². The number of carbonyl (C=O) groups excluding carboxylic acids is 4. The van der Waals surface area contributed by atoms with Gasteiger partial charge in [0.2, 0.25) is 0 Å². The summed E-state index contributed by atoms with van der Waals surface area (Å²) < 4.78 is 5.10. The van der Waals surface area contributed by atoms with Crippen molar-refractivity contribution in [2.24, 2.45) is 0 Å². The van der Waals surface area contributed by atoms with E-state index < -0.39 is 42.4 Å². The van der Waals surface area contributed by atoms with Crippen LogP contribution in [0.2, 0.25) is 10.0 Å². The van der Waals surface area contributed by atoms with E-state index >= 15 is 0 Å². The maximum absolute atomic E-state index is 12.4. The third-order valence-electron chi connectivity index (χ3n) is 4.63. The highest BCUT2D eigenvalue weighted by atomic mass is 35.5. The number of ether oxygens (including phenoxy) is 1. The van der Waals surface area contributed by atoms with E-state index in [1.165, 1.54) is 19.1 Å². The number of fused-ring (bicyclic) bond motifs is 1. The van der Waals surface area contributed by atoms with Gasteiger partial charge in [-0.3, -0.25) is 24.1 Å². The second-order valence-corrected chi connectivity index (χ2v) is 7.61. The van der Waals surface area contributed by atoms with Crippen LogP contribution in [0.5, 0.6) is 0 Å². The predicted octanol–water partition coefficient (Wildman–Crippen LogP) is 3.40. The van der Waals surface area contributed by atoms with Gasteiger partial charge in [0.25, 0.3) is 17.7 Å². The first-order valence-electron chi connectivity index (χ1n) is 9.09. The molecule has 2 atom stereocenters. The maximum atomic E-state index is 12.4. The van der Waals surface area contributed by atoms with E-state index in [0.29, 0.717) is 15.6 Å². The summed E-state index contributed by atoms with van der Waals surface area (Å²) in [7, 11) is 0. The Labute approximate surface area is 182 Å². The molecule has 1 N–H and O–H groups in total. The van der Waals surface area contributed by atoms with E-state index in [9.17, 15) is 19.2 Å². The fourth-order valence-electron chi connectivity index (χ4n) is 3.06. The van der Waals surface area contributed by atoms with Crippen LogP contribution in [-0.4, -0.2) is 41.2 Å². The second kappa shape index (κ2) is 8.85. The number of nitrogens with one attached hydrogen (secondary N) is 1. The summed E-state index contributed by atoms with van der Waals surface area (Å²) in [6.45, 7) is 2.54. The average Bonchev–Trinajstić information content (AvgIpc) is 2.93. The van der Waals surface area contributed by atoms with Crippen molar-refractivity contribution in [3.05, 3.63) is 69.2 Å². The van der Waals surface area contributed by atoms with Gasteiger partial charge in [0.05, 0.1) is 17.2 Å². The molecular formula is C21H18Cl2N2O5. The minimum absolute atomic E-state index is 0.231. The fourth-order valence-corrected chi connectivity index (χ4v) is 3.63. The molecule has 7 nitrogen and oxygen atoms in total. The van der Waals surface area contributed by atoms with Gasteiger partial charge in [-0.15, -0.1) is 0 Å². The predicted molar refractivity (Wildman–Crippen MR) is 110 cm³/mol. The van der Waals surface area contributed by atoms with Gasteiger partial charge in [-0.2, -0.15) is 0 Å². The molecule has 156 valence electrons. The van der Waals surface area contributed by atoms with E-state index in [2.05, 4.69) is 5.32 Å². The summed E-state index contributed by atoms with van der Waals surface area (Å²) in [5, 5.41) is 3.56. The lowest BCUT2D eigenvalue weighted by Crippen LogP contribution is -2.41. The Morgan fingerprint density at radius 1 is 1.03 bits per heavy atom. The zero-order valence-corrected chi connectivity index (χ0v) is 17.7. The lowest BCUT2D eigenvalue weighted by Gasteiger charge is -2.20. The number of imide groups is 1. The molecule has 2 aromatic carbocycles. The Kier molecular flexibility index (Phi) is 6.43. The Balaban J connectivity index is 1.57. The first kappa shape index (κ1) is 21.8. The molecule has 0 aliphatic carbocycles. The molecule has 2 aromatic rings. The van der Waals surface area contributed by atoms with Gasteiger partial charge in [0.15, 0.2) is 6.10 Å². The van der Waals surface area contributed by atoms with E-state index in [0.717, 1.165) is 4.90 Å². The maximum Gasteiger partial charge on any atom is 0.326 e. The van der Waals surface area contributed by atoms with Gasteiger partial charge in [0.1, 0.15) is 6.54 Å². The minimum Gasteiger partial charge on any atom is -0.451 e. The molecule has 0 bridgehead atoms. The lowest BCUT2D eigenvalue weighted by atomic mass is 10.1. The second-order valence-electron chi connectivity index (χ2n) is 6.77. The van der Waals surface area contributed by atoms with Crippen LogP contribution in [0.15, 0.2) is 42.5 Å². The number of rotatable bonds is 6. The molecular weight excluding hydrogens is 431 g/mol. The molecule has 0 aromatic heterocycles. The van der Waals surface area contributed by atoms with Crippen molar-refractivity contribution in [1.82, 2.24) is 10.2 Å². The summed E-state index contributed by atoms with van der Waals surface area (Å²) in [6.07, 6.45) is -1.14. The van der Waals surface area contributed by atoms with Gasteiger partial charge in [0, 0.05) is 10.0 Å². The Bertz CT molecular complexity index is 1000. The SMILES string of the molecule is C[C@@H](OC(=O)CN1C(=O)c2ccccc2C1=O)C(=O)N[C@H](C)c1ccc(Cl)cc1Cl. The molecule has 0 radical (unpaired) electrons. The molecule has 0 saturated carbocycles. The zero-order valence-electron chi connectivity index (χ0n) is 16.1. The topological polar surface area (TPSA) is 92.8 Å². The molecule has 1 aliphatic heterocycles. The van der Waals surface area contributed by atoms with Crippen LogP contribution in [-0.2, 0) is 14.3 Å². The fraction of sp³-hybridized carbons (Fsp3) is 0.238. The molecule has 30 heavy (non-hydrogen) atoms. The summed E-state index contributed by atoms with van der Waals surface area (Å²) in [5.74, 6) is -2.57. The van der Waals surface area contributed by atoms with Crippen LogP contribution in [0.1, 0.15) is 46.2 Å². The van der Waals surface area contributed by atoms with E-state index in [4.69, 9.17) is 27.9 Å². The largest absolute Gasteiger partial charge is 0.451 e. The summed E-state index contributed by atoms with van der Waals surface area (Å²) >= 11 is 12.0. The first-order chi connectivity index (χ1) is 14.2. The van der Waals surface area contributed by atoms with Crippen LogP contribution in [0.4, 0.5) is 0 Å². The normalized spacial score (nSPS) is 14.9. The number of nitrogens with zero attached hydrogens (tertiary/aromatic N) is 1. The average molecular weight is 449 g/mol. The summed E-state index contributed by atoms with van der Waals surface area (Å²) in [4.78, 5) is 50.0. The van der Waals surface area contributed by atoms with Crippen LogP contribution in [0, 0.1) is 0 Å². The number of benzene rings is 2. The van der Waals surface area contributed by atoms with Crippen LogP contribution in [0.3, 0.4) is 0 Å². The van der Waals surface area contributed by atoms with Crippen molar-refractivity contribution in [2.45, 2.75) is 26.0 Å². The van der Waals surface area contributed by atoms with Gasteiger partial charge >= 0.3 is 5.97 Å². The molecule has 1 heterocycles. The molecule has 9 heteroatoms. The third-order valence-corrected chi connectivity index (χ3v) is 5.19. The molecule has 0 fully saturated rings. The number of carbonyl (C=O) groups is 4. The first-order valence-corrected chi connectivity index (χ1v) is 9.84. The monoisotopic (exact) mass is 448 g/mol. The molecule has 0 saturated heterocycles. The highest BCUT2D eigenvalue weighted by molar-refractivity contribution is 6.35. The van der Waals surface area contributed by atoms with Crippen LogP contribution < -0.4 is 5.32 Å². The van der Waals surface area contributed by atoms with Gasteiger partial charge in [-0.1, -0.05) is 41.4 Å². The van der Waals surface area contributed by atoms with Crippen molar-refractivity contribution in [3.8, 4) is 0 Å². The van der Waals surface area contributed by atoms with Gasteiger partial charge in [-0.25, -0.2) is 0 Å². The number of halogens is 2. The molecule has 0 spiro atoms. The zero-order chi connectivity index (χ0) is 22.0. The molecule has 3 amide bonds. The summed E-state index contributed by atoms with van der Waals surface area (Å²) in [5.41, 5.74) is 1.11. The standard InChI is InChI=1S/C21H18Cl2N2O5/c1-11(14-8-7-13(22)9-17(14)23)24-19(27)12(2)30-18(26)10-25-20(28)15-5-3-4-6-16(15)21(25)29/h3-9,11-12H,10H2,1-2H3,(H,24,27)/t11-,12-/m1/s1. The quantitative estimate of drug-likeness (QED) is 0.539. The van der Waals surface area contributed by atoms with Crippen molar-refractivity contribution < 1.29 is 23.9 Å². The Hall–Kier alpha value is -2.90. The molecule has 0 unspecified atom stereocenters. The van der Waals surface area contributed by atoms with Crippen molar-refractivity contribution in [2.75, 3.05) is 6.54 Å². The third kappa shape index (κ3) is 4.47. The van der Waals surface area contributed by atoms with Crippen molar-refractivity contribution in [3.63, 3.8) is 0 Å². The summed E-state index contributed by atoms with van der Waals surface area (Å²) in [6, 6.07) is 10.7. The number of hydrogen-bond acceptors (Lipinski definition) is 5. The van der Waals surface area contributed by atoms with Gasteiger partial charge in [-0.05, 0) is 43.7 Å². The number of amides is 3. The van der Waals surface area contributed by atoms with Crippen molar-refractivity contribution >= 4 is 46.9 Å². The highest BCUT2D eigenvalue weighted by Gasteiger charge is 2.37. The van der Waals surface area contributed by atoms with E-state index in [1.54, 1.807) is 37.3 Å². The van der Waals surface area contributed by atoms with E-state index in [-0.39, 0.29) is 11.1 Å². The van der Waals surface area contributed by atoms with E-state index in [1.807, 2.05) is 0 Å². The van der Waals surface area contributed by atoms with Crippen molar-refractivity contribution in [1.29, 1.82) is 0 Å². The number of esters is 1. The Morgan fingerprint density at radius 3 is 2.20 bits per heavy atom. The molecule has 3 rings (SSSR count). The highest BCUT2D eigenvalue weighted by Crippen LogP contribution is 2.26. The Morgan fingerprint density at radius 2 is 1.63 bits per heavy atom. The van der Waals surface area contributed by atoms with Crippen LogP contribution >= 0.6 is 23.2 Å². The molecule has 1 aliphatic rings.